The van der Waals surface area contributed by atoms with Crippen LogP contribution in [0.25, 0.3) is 5.52 Å². The maximum atomic E-state index is 11.8. The molecule has 0 unspecified atom stereocenters. The molecule has 5 N–H and O–H groups in total. The summed E-state index contributed by atoms with van der Waals surface area (Å²) in [6.07, 6.45) is 5.60. The van der Waals surface area contributed by atoms with Crippen molar-refractivity contribution >= 4 is 23.2 Å². The molecular weight excluding hydrogens is 372 g/mol. The summed E-state index contributed by atoms with van der Waals surface area (Å²) in [5.74, 6) is 1.62. The lowest BCUT2D eigenvalue weighted by Gasteiger charge is -2.14. The summed E-state index contributed by atoms with van der Waals surface area (Å²) in [5, 5.41) is 17.9. The van der Waals surface area contributed by atoms with E-state index in [2.05, 4.69) is 30.9 Å². The molecule has 1 amide bonds. The highest BCUT2D eigenvalue weighted by atomic mass is 16.6. The van der Waals surface area contributed by atoms with E-state index >= 15 is 0 Å². The Balaban J connectivity index is 1.41. The molecule has 4 rings (SSSR count). The fourth-order valence-corrected chi connectivity index (χ4v) is 3.65. The van der Waals surface area contributed by atoms with E-state index in [4.69, 9.17) is 10.5 Å². The van der Waals surface area contributed by atoms with Crippen LogP contribution in [0.3, 0.4) is 0 Å². The number of amides is 1. The molecular formula is C19H26N8O2. The van der Waals surface area contributed by atoms with Crippen molar-refractivity contribution in [1.29, 1.82) is 0 Å². The number of carbonyl (C=O) groups excluding carboxylic acids is 1. The smallest absolute Gasteiger partial charge is 0.407 e. The molecule has 2 atom stereocenters. The van der Waals surface area contributed by atoms with Crippen molar-refractivity contribution in [3.8, 4) is 0 Å². The van der Waals surface area contributed by atoms with Gasteiger partial charge in [-0.2, -0.15) is 10.2 Å². The topological polar surface area (TPSA) is 135 Å². The van der Waals surface area contributed by atoms with Crippen molar-refractivity contribution in [2.75, 3.05) is 5.32 Å². The third-order valence-electron chi connectivity index (χ3n) is 5.00. The number of nitrogens with one attached hydrogen (secondary N) is 3. The number of rotatable bonds is 6. The summed E-state index contributed by atoms with van der Waals surface area (Å²) in [5.41, 5.74) is 8.33. The molecule has 3 aromatic heterocycles. The Kier molecular flexibility index (Phi) is 5.34. The van der Waals surface area contributed by atoms with Crippen molar-refractivity contribution in [2.24, 2.45) is 5.73 Å². The SMILES string of the molecule is CC(C)NC(=O)O[C@@H]1CC[C@H](c2cc(Nc3nccn4nc(CN)cc34)n[nH]2)C1. The lowest BCUT2D eigenvalue weighted by molar-refractivity contribution is 0.0981. The summed E-state index contributed by atoms with van der Waals surface area (Å²) in [6, 6.07) is 3.95. The van der Waals surface area contributed by atoms with Gasteiger partial charge in [0, 0.05) is 42.7 Å². The number of H-pyrrole nitrogens is 1. The monoisotopic (exact) mass is 398 g/mol. The molecule has 0 aromatic carbocycles. The van der Waals surface area contributed by atoms with Gasteiger partial charge in [-0.1, -0.05) is 0 Å². The Labute approximate surface area is 168 Å². The Morgan fingerprint density at radius 1 is 1.41 bits per heavy atom. The molecule has 1 fully saturated rings. The van der Waals surface area contributed by atoms with E-state index in [1.54, 1.807) is 16.9 Å². The van der Waals surface area contributed by atoms with Gasteiger partial charge in [0.25, 0.3) is 0 Å². The summed E-state index contributed by atoms with van der Waals surface area (Å²) < 4.78 is 7.25. The van der Waals surface area contributed by atoms with Gasteiger partial charge in [0.15, 0.2) is 11.6 Å². The Morgan fingerprint density at radius 3 is 3.07 bits per heavy atom. The third-order valence-corrected chi connectivity index (χ3v) is 5.00. The van der Waals surface area contributed by atoms with Crippen molar-refractivity contribution in [3.63, 3.8) is 0 Å². The number of anilines is 2. The first-order valence-electron chi connectivity index (χ1n) is 9.84. The fourth-order valence-electron chi connectivity index (χ4n) is 3.65. The lowest BCUT2D eigenvalue weighted by atomic mass is 10.0. The van der Waals surface area contributed by atoms with Gasteiger partial charge >= 0.3 is 6.09 Å². The zero-order valence-electron chi connectivity index (χ0n) is 16.6. The number of alkyl carbamates (subject to hydrolysis) is 1. The number of fused-ring (bicyclic) bond motifs is 1. The molecule has 10 nitrogen and oxygen atoms in total. The van der Waals surface area contributed by atoms with Crippen LogP contribution in [-0.2, 0) is 11.3 Å². The minimum atomic E-state index is -0.352. The molecule has 0 spiro atoms. The van der Waals surface area contributed by atoms with Gasteiger partial charge in [0.2, 0.25) is 0 Å². The standard InChI is InChI=1S/C19H26N8O2/c1-11(2)22-19(28)29-14-4-3-12(7-14)15-9-17(25-24-15)23-18-16-8-13(10-20)26-27(16)6-5-21-18/h5-6,8-9,11-12,14H,3-4,7,10,20H2,1-2H3,(H,22,28)(H2,21,23,24,25)/t12-,14+/m0/s1. The van der Waals surface area contributed by atoms with E-state index < -0.39 is 0 Å². The number of aromatic nitrogens is 5. The van der Waals surface area contributed by atoms with E-state index in [0.717, 1.165) is 36.2 Å². The van der Waals surface area contributed by atoms with Gasteiger partial charge in [-0.05, 0) is 39.2 Å². The number of hydrogen-bond donors (Lipinski definition) is 4. The first kappa shape index (κ1) is 19.2. The van der Waals surface area contributed by atoms with E-state index in [0.29, 0.717) is 18.2 Å². The Bertz CT molecular complexity index is 995. The average Bonchev–Trinajstić information content (AvgIpc) is 3.40. The highest BCUT2D eigenvalue weighted by Gasteiger charge is 2.30. The second-order valence-electron chi connectivity index (χ2n) is 7.62. The van der Waals surface area contributed by atoms with Crippen LogP contribution >= 0.6 is 0 Å². The number of nitrogens with zero attached hydrogens (tertiary/aromatic N) is 4. The quantitative estimate of drug-likeness (QED) is 0.501. The van der Waals surface area contributed by atoms with Crippen LogP contribution < -0.4 is 16.4 Å². The maximum absolute atomic E-state index is 11.8. The molecule has 0 bridgehead atoms. The molecule has 1 aliphatic carbocycles. The lowest BCUT2D eigenvalue weighted by Crippen LogP contribution is -2.33. The number of ether oxygens (including phenoxy) is 1. The third kappa shape index (κ3) is 4.32. The van der Waals surface area contributed by atoms with Crippen LogP contribution in [0, 0.1) is 0 Å². The summed E-state index contributed by atoms with van der Waals surface area (Å²) in [6.45, 7) is 4.19. The first-order chi connectivity index (χ1) is 14.0. The molecule has 3 heterocycles. The van der Waals surface area contributed by atoms with Crippen molar-refractivity contribution < 1.29 is 9.53 Å². The largest absolute Gasteiger partial charge is 0.446 e. The van der Waals surface area contributed by atoms with Crippen LogP contribution in [0.15, 0.2) is 24.5 Å². The van der Waals surface area contributed by atoms with Crippen LogP contribution in [-0.4, -0.2) is 43.0 Å². The van der Waals surface area contributed by atoms with Crippen molar-refractivity contribution in [2.45, 2.75) is 57.7 Å². The second-order valence-corrected chi connectivity index (χ2v) is 7.62. The fraction of sp³-hybridized carbons (Fsp3) is 0.474. The number of nitrogens with two attached hydrogens (primary N) is 1. The van der Waals surface area contributed by atoms with Crippen LogP contribution in [0.4, 0.5) is 16.4 Å². The highest BCUT2D eigenvalue weighted by molar-refractivity contribution is 5.72. The van der Waals surface area contributed by atoms with Crippen molar-refractivity contribution in [1.82, 2.24) is 30.1 Å². The second kappa shape index (κ2) is 8.08. The molecule has 0 aliphatic heterocycles. The van der Waals surface area contributed by atoms with E-state index in [1.165, 1.54) is 0 Å². The number of carbonyl (C=O) groups is 1. The van der Waals surface area contributed by atoms with Crippen molar-refractivity contribution in [3.05, 3.63) is 35.9 Å². The predicted octanol–water partition coefficient (Wildman–Crippen LogP) is 2.43. The molecule has 0 radical (unpaired) electrons. The summed E-state index contributed by atoms with van der Waals surface area (Å²) in [4.78, 5) is 16.2. The van der Waals surface area contributed by atoms with E-state index in [-0.39, 0.29) is 24.2 Å². The zero-order valence-corrected chi connectivity index (χ0v) is 16.6. The average molecular weight is 398 g/mol. The Morgan fingerprint density at radius 2 is 2.28 bits per heavy atom. The van der Waals surface area contributed by atoms with Gasteiger partial charge in [-0.3, -0.25) is 5.10 Å². The minimum Gasteiger partial charge on any atom is -0.446 e. The molecule has 1 aliphatic rings. The van der Waals surface area contributed by atoms with Crippen LogP contribution in [0.1, 0.15) is 50.4 Å². The number of aromatic amines is 1. The summed E-state index contributed by atoms with van der Waals surface area (Å²) in [7, 11) is 0. The highest BCUT2D eigenvalue weighted by Crippen LogP contribution is 2.36. The van der Waals surface area contributed by atoms with Gasteiger partial charge in [0.05, 0.1) is 5.69 Å². The Hall–Kier alpha value is -3.14. The minimum absolute atomic E-state index is 0.0655. The molecule has 1 saturated carbocycles. The number of hydrogen-bond acceptors (Lipinski definition) is 7. The molecule has 10 heteroatoms. The summed E-state index contributed by atoms with van der Waals surface area (Å²) >= 11 is 0. The molecule has 29 heavy (non-hydrogen) atoms. The maximum Gasteiger partial charge on any atom is 0.407 e. The van der Waals surface area contributed by atoms with Gasteiger partial charge < -0.3 is 21.1 Å². The first-order valence-corrected chi connectivity index (χ1v) is 9.84. The predicted molar refractivity (Wildman–Crippen MR) is 108 cm³/mol. The zero-order chi connectivity index (χ0) is 20.4. The van der Waals surface area contributed by atoms with E-state index in [9.17, 15) is 4.79 Å². The normalized spacial score (nSPS) is 19.0. The van der Waals surface area contributed by atoms with Gasteiger partial charge in [-0.15, -0.1) is 0 Å². The van der Waals surface area contributed by atoms with Crippen LogP contribution in [0.5, 0.6) is 0 Å². The molecule has 154 valence electrons. The van der Waals surface area contributed by atoms with Gasteiger partial charge in [0.1, 0.15) is 11.6 Å². The van der Waals surface area contributed by atoms with Gasteiger partial charge in [-0.25, -0.2) is 14.3 Å². The van der Waals surface area contributed by atoms with Crippen LogP contribution in [0.2, 0.25) is 0 Å². The molecule has 3 aromatic rings. The molecule has 0 saturated heterocycles. The van der Waals surface area contributed by atoms with E-state index in [1.807, 2.05) is 26.0 Å².